The molecule has 0 heterocycles. The van der Waals surface area contributed by atoms with Gasteiger partial charge in [-0.05, 0) is 24.2 Å². The molecule has 1 rings (SSSR count). The lowest BCUT2D eigenvalue weighted by molar-refractivity contribution is -0.122. The first-order chi connectivity index (χ1) is 10.0. The molecule has 0 saturated heterocycles. The lowest BCUT2D eigenvalue weighted by Gasteiger charge is -2.18. The Morgan fingerprint density at radius 1 is 1.19 bits per heavy atom. The van der Waals surface area contributed by atoms with Gasteiger partial charge in [-0.3, -0.25) is 9.59 Å². The first kappa shape index (κ1) is 17.7. The highest BCUT2D eigenvalue weighted by Crippen LogP contribution is 2.19. The van der Waals surface area contributed by atoms with Gasteiger partial charge in [0.25, 0.3) is 0 Å². The number of benzene rings is 1. The quantitative estimate of drug-likeness (QED) is 0.622. The highest BCUT2D eigenvalue weighted by Gasteiger charge is 2.16. The Kier molecular flexibility index (Phi) is 8.00. The summed E-state index contributed by atoms with van der Waals surface area (Å²) in [6, 6.07) is 7.28. The lowest BCUT2D eigenvalue weighted by Crippen LogP contribution is -2.35. The normalized spacial score (nSPS) is 11.8. The van der Waals surface area contributed by atoms with Crippen LogP contribution in [0.2, 0.25) is 0 Å². The molecule has 5 nitrogen and oxygen atoms in total. The molecule has 2 amide bonds. The summed E-state index contributed by atoms with van der Waals surface area (Å²) in [5, 5.41) is 8.80. The third-order valence-corrected chi connectivity index (χ3v) is 3.44. The Labute approximate surface area is 134 Å². The molecule has 21 heavy (non-hydrogen) atoms. The molecule has 0 bridgehead atoms. The summed E-state index contributed by atoms with van der Waals surface area (Å²) >= 11 is 3.37. The van der Waals surface area contributed by atoms with Crippen molar-refractivity contribution in [3.05, 3.63) is 34.3 Å². The van der Waals surface area contributed by atoms with Crippen molar-refractivity contribution in [3.8, 4) is 0 Å². The Morgan fingerprint density at radius 3 is 2.43 bits per heavy atom. The molecule has 6 heteroatoms. The van der Waals surface area contributed by atoms with E-state index in [2.05, 4.69) is 31.9 Å². The molecule has 0 aliphatic carbocycles. The van der Waals surface area contributed by atoms with E-state index in [-0.39, 0.29) is 24.3 Å². The van der Waals surface area contributed by atoms with E-state index in [9.17, 15) is 9.59 Å². The molecular weight excluding hydrogens is 334 g/mol. The first-order valence-electron chi connectivity index (χ1n) is 7.03. The topological polar surface area (TPSA) is 70.2 Å². The first-order valence-corrected chi connectivity index (χ1v) is 7.82. The van der Waals surface area contributed by atoms with E-state index in [1.165, 1.54) is 6.92 Å². The van der Waals surface area contributed by atoms with Crippen LogP contribution in [0.3, 0.4) is 0 Å². The molecule has 1 atom stereocenters. The molecule has 1 aromatic rings. The van der Waals surface area contributed by atoms with Gasteiger partial charge in [-0.2, -0.15) is 0 Å². The summed E-state index contributed by atoms with van der Waals surface area (Å²) in [7, 11) is 0. The standard InChI is InChI=1S/C15H22BrN3O2/c1-3-17-8-9-18-15(21)10-14(19-11(2)20)12-4-6-13(16)7-5-12/h4-7,14,17H,3,8-10H2,1-2H3,(H,18,21)(H,19,20). The smallest absolute Gasteiger partial charge is 0.222 e. The molecule has 0 aliphatic heterocycles. The molecular formula is C15H22BrN3O2. The minimum absolute atomic E-state index is 0.0745. The fourth-order valence-corrected chi connectivity index (χ4v) is 2.18. The van der Waals surface area contributed by atoms with Crippen LogP contribution in [-0.4, -0.2) is 31.4 Å². The van der Waals surface area contributed by atoms with Crippen molar-refractivity contribution in [1.29, 1.82) is 0 Å². The molecule has 3 N–H and O–H groups in total. The Bertz CT molecular complexity index is 462. The van der Waals surface area contributed by atoms with Crippen molar-refractivity contribution < 1.29 is 9.59 Å². The molecule has 0 fully saturated rings. The van der Waals surface area contributed by atoms with Crippen LogP contribution >= 0.6 is 15.9 Å². The third-order valence-electron chi connectivity index (χ3n) is 2.91. The minimum atomic E-state index is -0.310. The molecule has 0 spiro atoms. The number of nitrogens with one attached hydrogen (secondary N) is 3. The van der Waals surface area contributed by atoms with E-state index in [0.29, 0.717) is 6.54 Å². The van der Waals surface area contributed by atoms with E-state index < -0.39 is 0 Å². The number of carbonyl (C=O) groups excluding carboxylic acids is 2. The maximum atomic E-state index is 11.9. The lowest BCUT2D eigenvalue weighted by atomic mass is 10.0. The maximum absolute atomic E-state index is 11.9. The second kappa shape index (κ2) is 9.52. The van der Waals surface area contributed by atoms with Crippen LogP contribution in [0.1, 0.15) is 31.9 Å². The number of likely N-dealkylation sites (N-methyl/N-ethyl adjacent to an activating group) is 1. The largest absolute Gasteiger partial charge is 0.355 e. The monoisotopic (exact) mass is 355 g/mol. The number of amides is 2. The van der Waals surface area contributed by atoms with Crippen LogP contribution in [-0.2, 0) is 9.59 Å². The van der Waals surface area contributed by atoms with Crippen LogP contribution in [0, 0.1) is 0 Å². The van der Waals surface area contributed by atoms with Gasteiger partial charge in [0.05, 0.1) is 12.5 Å². The predicted molar refractivity (Wildman–Crippen MR) is 86.9 cm³/mol. The Morgan fingerprint density at radius 2 is 1.86 bits per heavy atom. The fraction of sp³-hybridized carbons (Fsp3) is 0.467. The SMILES string of the molecule is CCNCCNC(=O)CC(NC(C)=O)c1ccc(Br)cc1. The van der Waals surface area contributed by atoms with Crippen LogP contribution < -0.4 is 16.0 Å². The molecule has 116 valence electrons. The van der Waals surface area contributed by atoms with Gasteiger partial charge >= 0.3 is 0 Å². The molecule has 1 aromatic carbocycles. The summed E-state index contributed by atoms with van der Waals surface area (Å²) < 4.78 is 0.961. The van der Waals surface area contributed by atoms with Gasteiger partial charge in [0.15, 0.2) is 0 Å². The van der Waals surface area contributed by atoms with Crippen molar-refractivity contribution in [3.63, 3.8) is 0 Å². The summed E-state index contributed by atoms with van der Waals surface area (Å²) in [6.45, 7) is 5.67. The number of carbonyl (C=O) groups is 2. The zero-order valence-electron chi connectivity index (χ0n) is 12.4. The van der Waals surface area contributed by atoms with Crippen LogP contribution in [0.15, 0.2) is 28.7 Å². The second-order valence-corrected chi connectivity index (χ2v) is 5.63. The van der Waals surface area contributed by atoms with Gasteiger partial charge < -0.3 is 16.0 Å². The number of hydrogen-bond acceptors (Lipinski definition) is 3. The Balaban J connectivity index is 2.59. The highest BCUT2D eigenvalue weighted by molar-refractivity contribution is 9.10. The van der Waals surface area contributed by atoms with Crippen molar-refractivity contribution in [1.82, 2.24) is 16.0 Å². The van der Waals surface area contributed by atoms with E-state index in [4.69, 9.17) is 0 Å². The fourth-order valence-electron chi connectivity index (χ4n) is 1.92. The summed E-state index contributed by atoms with van der Waals surface area (Å²) in [6.07, 6.45) is 0.230. The van der Waals surface area contributed by atoms with Gasteiger partial charge in [-0.25, -0.2) is 0 Å². The number of hydrogen-bond donors (Lipinski definition) is 3. The van der Waals surface area contributed by atoms with Crippen molar-refractivity contribution in [2.45, 2.75) is 26.3 Å². The molecule has 0 aliphatic rings. The average Bonchev–Trinajstić information content (AvgIpc) is 2.43. The van der Waals surface area contributed by atoms with Crippen LogP contribution in [0.5, 0.6) is 0 Å². The van der Waals surface area contributed by atoms with E-state index in [1.807, 2.05) is 31.2 Å². The minimum Gasteiger partial charge on any atom is -0.355 e. The van der Waals surface area contributed by atoms with Crippen molar-refractivity contribution >= 4 is 27.7 Å². The van der Waals surface area contributed by atoms with Gasteiger partial charge in [-0.15, -0.1) is 0 Å². The number of halogens is 1. The third kappa shape index (κ3) is 7.24. The van der Waals surface area contributed by atoms with Gasteiger partial charge in [0.1, 0.15) is 0 Å². The van der Waals surface area contributed by atoms with Crippen LogP contribution in [0.25, 0.3) is 0 Å². The summed E-state index contributed by atoms with van der Waals surface area (Å²) in [5.41, 5.74) is 0.912. The molecule has 0 radical (unpaired) electrons. The summed E-state index contributed by atoms with van der Waals surface area (Å²) in [5.74, 6) is -0.224. The maximum Gasteiger partial charge on any atom is 0.222 e. The zero-order chi connectivity index (χ0) is 15.7. The van der Waals surface area contributed by atoms with Crippen molar-refractivity contribution in [2.24, 2.45) is 0 Å². The zero-order valence-corrected chi connectivity index (χ0v) is 14.0. The summed E-state index contributed by atoms with van der Waals surface area (Å²) in [4.78, 5) is 23.3. The van der Waals surface area contributed by atoms with E-state index in [0.717, 1.165) is 23.1 Å². The van der Waals surface area contributed by atoms with Gasteiger partial charge in [0, 0.05) is 24.5 Å². The van der Waals surface area contributed by atoms with E-state index >= 15 is 0 Å². The predicted octanol–water partition coefficient (Wildman–Crippen LogP) is 1.74. The Hall–Kier alpha value is -1.40. The number of rotatable bonds is 8. The van der Waals surface area contributed by atoms with Gasteiger partial charge in [-0.1, -0.05) is 35.0 Å². The second-order valence-electron chi connectivity index (χ2n) is 4.71. The molecule has 0 saturated carbocycles. The van der Waals surface area contributed by atoms with Crippen LogP contribution in [0.4, 0.5) is 0 Å². The molecule has 0 aromatic heterocycles. The average molecular weight is 356 g/mol. The van der Waals surface area contributed by atoms with Gasteiger partial charge in [0.2, 0.25) is 11.8 Å². The van der Waals surface area contributed by atoms with E-state index in [1.54, 1.807) is 0 Å². The highest BCUT2D eigenvalue weighted by atomic mass is 79.9. The van der Waals surface area contributed by atoms with Crippen molar-refractivity contribution in [2.75, 3.05) is 19.6 Å². The molecule has 1 unspecified atom stereocenters.